The number of hydrogen-bond acceptors (Lipinski definition) is 3. The standard InChI is InChI=1S/C20H23F6N3OS.BrH/c1-29-15(10-31-18(29)28-12-6-4-2-3-5-7-12)16-13(19(21,22)23)8-11(17(27)30)9-14(16)20(24,25)26;/h8-9,12,15H,2-7,10H2,1H3,(H2,27,30);1H. The zero-order valence-electron chi connectivity index (χ0n) is 17.2. The van der Waals surface area contributed by atoms with Crippen molar-refractivity contribution < 1.29 is 31.1 Å². The molecule has 3 rings (SSSR count). The van der Waals surface area contributed by atoms with Crippen LogP contribution in [0.2, 0.25) is 0 Å². The molecular weight excluding hydrogens is 524 g/mol. The van der Waals surface area contributed by atoms with Crippen molar-refractivity contribution in [3.8, 4) is 0 Å². The van der Waals surface area contributed by atoms with Gasteiger partial charge in [0.1, 0.15) is 0 Å². The normalized spacial score (nSPS) is 22.0. The highest BCUT2D eigenvalue weighted by Gasteiger charge is 2.46. The maximum Gasteiger partial charge on any atom is 0.416 e. The number of carbonyl (C=O) groups excluding carboxylic acids is 1. The zero-order chi connectivity index (χ0) is 23.0. The van der Waals surface area contributed by atoms with Gasteiger partial charge in [-0.25, -0.2) is 0 Å². The Morgan fingerprint density at radius 3 is 1.97 bits per heavy atom. The summed E-state index contributed by atoms with van der Waals surface area (Å²) in [4.78, 5) is 17.4. The number of hydrogen-bond donors (Lipinski definition) is 1. The van der Waals surface area contributed by atoms with Crippen LogP contribution in [-0.2, 0) is 12.4 Å². The summed E-state index contributed by atoms with van der Waals surface area (Å²) in [6, 6.07) is -0.352. The Bertz CT molecular complexity index is 831. The third-order valence-corrected chi connectivity index (χ3v) is 6.80. The Morgan fingerprint density at radius 2 is 1.53 bits per heavy atom. The van der Waals surface area contributed by atoms with Crippen molar-refractivity contribution in [1.29, 1.82) is 0 Å². The van der Waals surface area contributed by atoms with Gasteiger partial charge in [0.2, 0.25) is 5.91 Å². The minimum absolute atomic E-state index is 0. The lowest BCUT2D eigenvalue weighted by atomic mass is 9.91. The molecule has 2 N–H and O–H groups in total. The number of aliphatic imine (C=N–C) groups is 1. The zero-order valence-corrected chi connectivity index (χ0v) is 19.8. The summed E-state index contributed by atoms with van der Waals surface area (Å²) in [5, 5.41) is 0.442. The van der Waals surface area contributed by atoms with E-state index in [1.54, 1.807) is 0 Å². The van der Waals surface area contributed by atoms with Crippen molar-refractivity contribution in [2.24, 2.45) is 10.7 Å². The lowest BCUT2D eigenvalue weighted by Crippen LogP contribution is -2.30. The van der Waals surface area contributed by atoms with Crippen molar-refractivity contribution in [3.05, 3.63) is 34.4 Å². The van der Waals surface area contributed by atoms with Crippen LogP contribution in [0.1, 0.15) is 71.6 Å². The summed E-state index contributed by atoms with van der Waals surface area (Å²) in [5.74, 6) is -1.36. The Hall–Kier alpha value is -1.43. The topological polar surface area (TPSA) is 58.7 Å². The second-order valence-corrected chi connectivity index (χ2v) is 8.83. The molecule has 1 heterocycles. The van der Waals surface area contributed by atoms with E-state index in [1.165, 1.54) is 11.9 Å². The maximum absolute atomic E-state index is 13.8. The molecule has 2 aliphatic rings. The molecule has 4 nitrogen and oxygen atoms in total. The van der Waals surface area contributed by atoms with Gasteiger partial charge < -0.3 is 10.6 Å². The number of rotatable bonds is 3. The number of benzene rings is 1. The van der Waals surface area contributed by atoms with Crippen LogP contribution in [-0.4, -0.2) is 34.8 Å². The van der Waals surface area contributed by atoms with Crippen LogP contribution in [0.5, 0.6) is 0 Å². The van der Waals surface area contributed by atoms with E-state index < -0.39 is 46.6 Å². The van der Waals surface area contributed by atoms with E-state index in [-0.39, 0.29) is 28.8 Å². The minimum Gasteiger partial charge on any atom is -0.366 e. The molecule has 0 bridgehead atoms. The predicted octanol–water partition coefficient (Wildman–Crippen LogP) is 6.20. The predicted molar refractivity (Wildman–Crippen MR) is 117 cm³/mol. The van der Waals surface area contributed by atoms with E-state index in [0.717, 1.165) is 50.3 Å². The summed E-state index contributed by atoms with van der Waals surface area (Å²) >= 11 is 1.15. The average molecular weight is 548 g/mol. The van der Waals surface area contributed by atoms with Crippen molar-refractivity contribution in [1.82, 2.24) is 4.90 Å². The van der Waals surface area contributed by atoms with Gasteiger partial charge in [-0.1, -0.05) is 37.4 Å². The van der Waals surface area contributed by atoms with Crippen molar-refractivity contribution >= 4 is 39.8 Å². The number of thioether (sulfide) groups is 1. The molecule has 1 saturated heterocycles. The molecule has 0 spiro atoms. The van der Waals surface area contributed by atoms with E-state index >= 15 is 0 Å². The van der Waals surface area contributed by atoms with Crippen LogP contribution in [0.4, 0.5) is 26.3 Å². The van der Waals surface area contributed by atoms with Crippen molar-refractivity contribution in [3.63, 3.8) is 0 Å². The summed E-state index contributed by atoms with van der Waals surface area (Å²) in [7, 11) is 1.46. The number of primary amides is 1. The monoisotopic (exact) mass is 547 g/mol. The highest BCUT2D eigenvalue weighted by atomic mass is 79.9. The molecular formula is C20H24BrF6N3OS. The fourth-order valence-electron chi connectivity index (χ4n) is 4.07. The first kappa shape index (κ1) is 26.8. The first-order valence-electron chi connectivity index (χ1n) is 9.95. The van der Waals surface area contributed by atoms with Gasteiger partial charge >= 0.3 is 12.4 Å². The fraction of sp³-hybridized carbons (Fsp3) is 0.600. The highest BCUT2D eigenvalue weighted by Crippen LogP contribution is 2.47. The number of halogens is 7. The van der Waals surface area contributed by atoms with Gasteiger partial charge in [-0.3, -0.25) is 9.79 Å². The van der Waals surface area contributed by atoms with Crippen LogP contribution < -0.4 is 5.73 Å². The second-order valence-electron chi connectivity index (χ2n) is 7.84. The second kappa shape index (κ2) is 10.2. The smallest absolute Gasteiger partial charge is 0.366 e. The molecule has 2 fully saturated rings. The Morgan fingerprint density at radius 1 is 1.03 bits per heavy atom. The van der Waals surface area contributed by atoms with Gasteiger partial charge in [-0.15, -0.1) is 17.0 Å². The van der Waals surface area contributed by atoms with Crippen LogP contribution in [0.15, 0.2) is 17.1 Å². The van der Waals surface area contributed by atoms with Gasteiger partial charge in [0.15, 0.2) is 5.17 Å². The maximum atomic E-state index is 13.8. The molecule has 1 saturated carbocycles. The van der Waals surface area contributed by atoms with E-state index in [4.69, 9.17) is 5.73 Å². The molecule has 1 amide bonds. The average Bonchev–Trinajstić information content (AvgIpc) is 2.85. The molecule has 1 atom stereocenters. The summed E-state index contributed by atoms with van der Waals surface area (Å²) < 4.78 is 82.7. The van der Waals surface area contributed by atoms with Crippen molar-refractivity contribution in [2.45, 2.75) is 63.0 Å². The van der Waals surface area contributed by atoms with Crippen LogP contribution in [0.3, 0.4) is 0 Å². The molecule has 0 radical (unpaired) electrons. The van der Waals surface area contributed by atoms with Crippen LogP contribution in [0, 0.1) is 0 Å². The molecule has 1 unspecified atom stereocenters. The lowest BCUT2D eigenvalue weighted by Gasteiger charge is -2.28. The number of alkyl halides is 6. The van der Waals surface area contributed by atoms with Gasteiger partial charge in [0.05, 0.1) is 23.2 Å². The number of amidine groups is 1. The first-order chi connectivity index (χ1) is 14.4. The Labute approximate surface area is 196 Å². The SMILES string of the molecule is Br.CN1C(=NC2CCCCCC2)SCC1c1c(C(F)(F)F)cc(C(N)=O)cc1C(F)(F)F. The summed E-state index contributed by atoms with van der Waals surface area (Å²) in [5.41, 5.74) is 0.282. The summed E-state index contributed by atoms with van der Waals surface area (Å²) in [6.07, 6.45) is -4.25. The number of amides is 1. The molecule has 1 aromatic rings. The Kier molecular flexibility index (Phi) is 8.58. The number of nitrogens with two attached hydrogens (primary N) is 1. The van der Waals surface area contributed by atoms with Gasteiger partial charge in [0.25, 0.3) is 0 Å². The minimum atomic E-state index is -5.09. The van der Waals surface area contributed by atoms with Crippen molar-refractivity contribution in [2.75, 3.05) is 12.8 Å². The lowest BCUT2D eigenvalue weighted by molar-refractivity contribution is -0.145. The van der Waals surface area contributed by atoms with Crippen LogP contribution >= 0.6 is 28.7 Å². The molecule has 180 valence electrons. The van der Waals surface area contributed by atoms with E-state index in [2.05, 4.69) is 4.99 Å². The molecule has 1 aliphatic carbocycles. The molecule has 32 heavy (non-hydrogen) atoms. The molecule has 1 aromatic carbocycles. The molecule has 0 aromatic heterocycles. The molecule has 12 heteroatoms. The third kappa shape index (κ3) is 5.92. The first-order valence-corrected chi connectivity index (χ1v) is 10.9. The Balaban J connectivity index is 0.00000363. The fourth-order valence-corrected chi connectivity index (χ4v) is 5.32. The molecule has 1 aliphatic heterocycles. The third-order valence-electron chi connectivity index (χ3n) is 5.67. The van der Waals surface area contributed by atoms with Gasteiger partial charge in [-0.2, -0.15) is 26.3 Å². The quantitative estimate of drug-likeness (QED) is 0.362. The van der Waals surface area contributed by atoms with E-state index in [0.29, 0.717) is 17.3 Å². The van der Waals surface area contributed by atoms with Gasteiger partial charge in [-0.05, 0) is 30.5 Å². The largest absolute Gasteiger partial charge is 0.416 e. The highest BCUT2D eigenvalue weighted by molar-refractivity contribution is 8.93. The van der Waals surface area contributed by atoms with E-state index in [1.807, 2.05) is 0 Å². The van der Waals surface area contributed by atoms with E-state index in [9.17, 15) is 31.1 Å². The number of nitrogens with zero attached hydrogens (tertiary/aromatic N) is 2. The number of carbonyl (C=O) groups is 1. The van der Waals surface area contributed by atoms with Crippen LogP contribution in [0.25, 0.3) is 0 Å². The summed E-state index contributed by atoms with van der Waals surface area (Å²) in [6.45, 7) is 0. The van der Waals surface area contributed by atoms with Gasteiger partial charge in [0, 0.05) is 18.4 Å².